The summed E-state index contributed by atoms with van der Waals surface area (Å²) in [6, 6.07) is 11.0. The molecular weight excluding hydrogens is 340 g/mol. The van der Waals surface area contributed by atoms with Gasteiger partial charge in [-0.3, -0.25) is 9.69 Å². The van der Waals surface area contributed by atoms with E-state index in [9.17, 15) is 18.7 Å². The lowest BCUT2D eigenvalue weighted by atomic mass is 9.81. The van der Waals surface area contributed by atoms with Crippen LogP contribution in [0.15, 0.2) is 36.4 Å². The van der Waals surface area contributed by atoms with E-state index in [0.29, 0.717) is 31.6 Å². The van der Waals surface area contributed by atoms with E-state index in [1.54, 1.807) is 12.1 Å². The van der Waals surface area contributed by atoms with E-state index in [1.165, 1.54) is 0 Å². The maximum atomic E-state index is 12.9. The normalized spacial score (nSPS) is 25.7. The van der Waals surface area contributed by atoms with Crippen molar-refractivity contribution in [3.63, 3.8) is 0 Å². The van der Waals surface area contributed by atoms with E-state index in [4.69, 9.17) is 4.74 Å². The quantitative estimate of drug-likeness (QED) is 0.870. The number of carboxylic acids is 1. The summed E-state index contributed by atoms with van der Waals surface area (Å²) in [4.78, 5) is 14.0. The minimum absolute atomic E-state index is 0.134. The van der Waals surface area contributed by atoms with Crippen LogP contribution >= 0.6 is 0 Å². The van der Waals surface area contributed by atoms with Gasteiger partial charge in [0, 0.05) is 25.2 Å². The van der Waals surface area contributed by atoms with Crippen LogP contribution in [0, 0.1) is 11.3 Å². The lowest BCUT2D eigenvalue weighted by molar-refractivity contribution is -0.149. The third kappa shape index (κ3) is 2.82. The van der Waals surface area contributed by atoms with Crippen LogP contribution in [0.1, 0.15) is 24.8 Å². The van der Waals surface area contributed by atoms with Crippen molar-refractivity contribution in [2.75, 3.05) is 13.1 Å². The van der Waals surface area contributed by atoms with Gasteiger partial charge in [0.25, 0.3) is 0 Å². The van der Waals surface area contributed by atoms with Crippen molar-refractivity contribution in [2.24, 2.45) is 11.3 Å². The molecule has 2 aromatic carbocycles. The van der Waals surface area contributed by atoms with Crippen LogP contribution in [0.3, 0.4) is 0 Å². The number of rotatable bonds is 5. The van der Waals surface area contributed by atoms with Crippen molar-refractivity contribution in [3.8, 4) is 5.75 Å². The monoisotopic (exact) mass is 361 g/mol. The summed E-state index contributed by atoms with van der Waals surface area (Å²) in [5.74, 6) is -0.431. The van der Waals surface area contributed by atoms with Gasteiger partial charge in [-0.2, -0.15) is 8.78 Å². The molecule has 6 heteroatoms. The van der Waals surface area contributed by atoms with Gasteiger partial charge in [0.15, 0.2) is 0 Å². The Hall–Kier alpha value is -2.21. The fraction of sp³-hybridized carbons (Fsp3) is 0.450. The van der Waals surface area contributed by atoms with E-state index in [0.717, 1.165) is 23.6 Å². The summed E-state index contributed by atoms with van der Waals surface area (Å²) in [6.07, 6.45) is 2.55. The zero-order valence-corrected chi connectivity index (χ0v) is 14.3. The third-order valence-corrected chi connectivity index (χ3v) is 5.96. The maximum Gasteiger partial charge on any atom is 0.387 e. The van der Waals surface area contributed by atoms with Crippen molar-refractivity contribution in [2.45, 2.75) is 32.4 Å². The molecule has 26 heavy (non-hydrogen) atoms. The third-order valence-electron chi connectivity index (χ3n) is 5.96. The molecule has 2 aliphatic rings. The van der Waals surface area contributed by atoms with Crippen LogP contribution in [-0.2, 0) is 11.3 Å². The number of fused-ring (bicyclic) bond motifs is 2. The predicted octanol–water partition coefficient (Wildman–Crippen LogP) is 4.13. The van der Waals surface area contributed by atoms with Gasteiger partial charge in [-0.15, -0.1) is 0 Å². The number of nitrogens with zero attached hydrogens (tertiary/aromatic N) is 1. The number of ether oxygens (including phenoxy) is 1. The Kier molecular flexibility index (Phi) is 4.31. The molecule has 1 aliphatic carbocycles. The number of likely N-dealkylation sites (tertiary alicyclic amines) is 1. The molecule has 1 saturated heterocycles. The van der Waals surface area contributed by atoms with Crippen LogP contribution in [0.25, 0.3) is 10.8 Å². The van der Waals surface area contributed by atoms with Gasteiger partial charge in [0.05, 0.1) is 5.41 Å². The Balaban J connectivity index is 1.67. The van der Waals surface area contributed by atoms with E-state index < -0.39 is 18.0 Å². The minimum atomic E-state index is -2.89. The zero-order valence-electron chi connectivity index (χ0n) is 14.3. The Morgan fingerprint density at radius 3 is 2.85 bits per heavy atom. The second-order valence-corrected chi connectivity index (χ2v) is 7.36. The number of hydrogen-bond acceptors (Lipinski definition) is 3. The molecule has 4 rings (SSSR count). The topological polar surface area (TPSA) is 49.8 Å². The molecule has 0 aromatic heterocycles. The number of benzene rings is 2. The summed E-state index contributed by atoms with van der Waals surface area (Å²) in [7, 11) is 0. The second-order valence-electron chi connectivity index (χ2n) is 7.36. The first-order valence-corrected chi connectivity index (χ1v) is 8.91. The number of halogens is 2. The van der Waals surface area contributed by atoms with Gasteiger partial charge in [0.1, 0.15) is 5.75 Å². The molecule has 2 atom stereocenters. The van der Waals surface area contributed by atoms with Crippen molar-refractivity contribution < 1.29 is 23.4 Å². The highest BCUT2D eigenvalue weighted by atomic mass is 19.3. The number of alkyl halides is 2. The van der Waals surface area contributed by atoms with Crippen molar-refractivity contribution in [1.29, 1.82) is 0 Å². The van der Waals surface area contributed by atoms with Crippen molar-refractivity contribution in [1.82, 2.24) is 4.90 Å². The first kappa shape index (κ1) is 17.2. The van der Waals surface area contributed by atoms with Gasteiger partial charge in [-0.25, -0.2) is 0 Å². The van der Waals surface area contributed by atoms with Crippen LogP contribution in [0.5, 0.6) is 5.75 Å². The molecule has 0 amide bonds. The van der Waals surface area contributed by atoms with Gasteiger partial charge < -0.3 is 9.84 Å². The van der Waals surface area contributed by atoms with Gasteiger partial charge in [-0.1, -0.05) is 36.8 Å². The average molecular weight is 361 g/mol. The molecule has 0 spiro atoms. The maximum absolute atomic E-state index is 12.9. The molecule has 0 bridgehead atoms. The SMILES string of the molecule is O=C(O)[C@@]12CCC[C@H]1CN(Cc1c(OC(F)F)ccc3ccccc13)C2. The highest BCUT2D eigenvalue weighted by molar-refractivity contribution is 5.87. The van der Waals surface area contributed by atoms with Crippen molar-refractivity contribution >= 4 is 16.7 Å². The van der Waals surface area contributed by atoms with Crippen LogP contribution in [0.4, 0.5) is 8.78 Å². The van der Waals surface area contributed by atoms with E-state index in [-0.39, 0.29) is 11.7 Å². The fourth-order valence-electron chi connectivity index (χ4n) is 4.77. The molecule has 2 aromatic rings. The molecule has 1 N–H and O–H groups in total. The first-order valence-electron chi connectivity index (χ1n) is 8.91. The van der Waals surface area contributed by atoms with Gasteiger partial charge in [-0.05, 0) is 35.6 Å². The molecule has 2 fully saturated rings. The summed E-state index contributed by atoms with van der Waals surface area (Å²) in [5.41, 5.74) is 0.0119. The summed E-state index contributed by atoms with van der Waals surface area (Å²) < 4.78 is 30.5. The van der Waals surface area contributed by atoms with E-state index in [1.807, 2.05) is 24.3 Å². The largest absolute Gasteiger partial charge is 0.481 e. The molecule has 1 saturated carbocycles. The zero-order chi connectivity index (χ0) is 18.3. The summed E-state index contributed by atoms with van der Waals surface area (Å²) >= 11 is 0. The molecular formula is C20H21F2NO3. The first-order chi connectivity index (χ1) is 12.5. The fourth-order valence-corrected chi connectivity index (χ4v) is 4.77. The molecule has 1 aliphatic heterocycles. The number of hydrogen-bond donors (Lipinski definition) is 1. The number of carbonyl (C=O) groups is 1. The molecule has 0 unspecified atom stereocenters. The van der Waals surface area contributed by atoms with E-state index >= 15 is 0 Å². The highest BCUT2D eigenvalue weighted by Gasteiger charge is 2.54. The Morgan fingerprint density at radius 1 is 1.31 bits per heavy atom. The Bertz CT molecular complexity index is 841. The van der Waals surface area contributed by atoms with Gasteiger partial charge >= 0.3 is 12.6 Å². The summed E-state index contributed by atoms with van der Waals surface area (Å²) in [5, 5.41) is 11.6. The van der Waals surface area contributed by atoms with E-state index in [2.05, 4.69) is 4.90 Å². The molecule has 4 nitrogen and oxygen atoms in total. The average Bonchev–Trinajstić information content (AvgIpc) is 3.14. The second kappa shape index (κ2) is 6.50. The minimum Gasteiger partial charge on any atom is -0.481 e. The number of aliphatic carboxylic acids is 1. The Labute approximate surface area is 150 Å². The lowest BCUT2D eigenvalue weighted by Gasteiger charge is -2.24. The molecule has 138 valence electrons. The smallest absolute Gasteiger partial charge is 0.387 e. The van der Waals surface area contributed by atoms with Crippen molar-refractivity contribution in [3.05, 3.63) is 42.0 Å². The van der Waals surface area contributed by atoms with Crippen LogP contribution in [-0.4, -0.2) is 35.7 Å². The molecule has 1 heterocycles. The lowest BCUT2D eigenvalue weighted by Crippen LogP contribution is -2.35. The highest BCUT2D eigenvalue weighted by Crippen LogP contribution is 2.49. The van der Waals surface area contributed by atoms with Crippen LogP contribution in [0.2, 0.25) is 0 Å². The molecule has 0 radical (unpaired) electrons. The van der Waals surface area contributed by atoms with Crippen LogP contribution < -0.4 is 4.74 Å². The number of carboxylic acid groups (broad SMARTS) is 1. The Morgan fingerprint density at radius 2 is 2.12 bits per heavy atom. The summed E-state index contributed by atoms with van der Waals surface area (Å²) in [6.45, 7) is -1.33. The standard InChI is InChI=1S/C20H21F2NO3/c21-19(22)26-17-8-7-13-4-1-2-6-15(13)16(17)11-23-10-14-5-3-9-20(14,12-23)18(24)25/h1-2,4,6-8,14,19H,3,5,9-12H2,(H,24,25)/t14-,20+/m0/s1. The van der Waals surface area contributed by atoms with Gasteiger partial charge in [0.2, 0.25) is 0 Å². The predicted molar refractivity (Wildman–Crippen MR) is 93.3 cm³/mol.